The first-order chi connectivity index (χ1) is 16.6. The van der Waals surface area contributed by atoms with Crippen molar-refractivity contribution in [3.05, 3.63) is 58.1 Å². The van der Waals surface area contributed by atoms with Gasteiger partial charge in [-0.25, -0.2) is 21.1 Å². The van der Waals surface area contributed by atoms with Crippen molar-refractivity contribution in [2.24, 2.45) is 5.92 Å². The Morgan fingerprint density at radius 2 is 1.57 bits per heavy atom. The first kappa shape index (κ1) is 26.4. The number of amides is 1. The van der Waals surface area contributed by atoms with Gasteiger partial charge in [-0.3, -0.25) is 4.79 Å². The van der Waals surface area contributed by atoms with Crippen LogP contribution in [0.3, 0.4) is 0 Å². The van der Waals surface area contributed by atoms with Crippen LogP contribution in [0.4, 0.5) is 5.69 Å². The van der Waals surface area contributed by atoms with Crippen molar-refractivity contribution in [2.75, 3.05) is 31.5 Å². The zero-order valence-corrected chi connectivity index (χ0v) is 22.1. The van der Waals surface area contributed by atoms with Crippen LogP contribution >= 0.6 is 23.2 Å². The lowest BCUT2D eigenvalue weighted by atomic mass is 9.99. The van der Waals surface area contributed by atoms with E-state index in [9.17, 15) is 21.6 Å². The molecule has 0 bridgehead atoms. The van der Waals surface area contributed by atoms with Crippen LogP contribution in [0.25, 0.3) is 0 Å². The molecule has 35 heavy (non-hydrogen) atoms. The molecule has 0 aromatic heterocycles. The van der Waals surface area contributed by atoms with Gasteiger partial charge >= 0.3 is 0 Å². The summed E-state index contributed by atoms with van der Waals surface area (Å²) < 4.78 is 54.2. The van der Waals surface area contributed by atoms with Crippen molar-refractivity contribution in [3.8, 4) is 0 Å². The minimum absolute atomic E-state index is 0.0702. The number of carbonyl (C=O) groups is 1. The molecule has 0 spiro atoms. The predicted octanol–water partition coefficient (Wildman–Crippen LogP) is 3.96. The Labute approximate surface area is 216 Å². The van der Waals surface area contributed by atoms with Gasteiger partial charge in [-0.05, 0) is 67.6 Å². The van der Waals surface area contributed by atoms with E-state index in [0.29, 0.717) is 48.7 Å². The molecule has 0 unspecified atom stereocenters. The fourth-order valence-electron chi connectivity index (χ4n) is 4.37. The molecule has 1 atom stereocenters. The summed E-state index contributed by atoms with van der Waals surface area (Å²) in [4.78, 5) is 13.1. The minimum Gasteiger partial charge on any atom is -0.326 e. The molecule has 0 saturated carbocycles. The second kappa shape index (κ2) is 10.7. The first-order valence-corrected chi connectivity index (χ1v) is 15.2. The third kappa shape index (κ3) is 6.18. The van der Waals surface area contributed by atoms with Crippen LogP contribution in [-0.2, 0) is 30.6 Å². The topological polar surface area (TPSA) is 104 Å². The van der Waals surface area contributed by atoms with Crippen molar-refractivity contribution in [1.29, 1.82) is 0 Å². The standard InChI is InChI=1S/C23H27Cl2N3O5S2/c24-19-6-5-18(22(25)14-19)16-34(30,31)28-13-3-4-17(15-28)23(29)26-20-7-9-21(10-8-20)35(32,33)27-11-1-2-12-27/h5-10,14,17H,1-4,11-13,15-16H2,(H,26,29)/t17-/m0/s1. The Kier molecular flexibility index (Phi) is 8.09. The highest BCUT2D eigenvalue weighted by Gasteiger charge is 2.33. The number of carbonyl (C=O) groups excluding carboxylic acids is 1. The van der Waals surface area contributed by atoms with Crippen LogP contribution in [-0.4, -0.2) is 57.5 Å². The zero-order chi connectivity index (χ0) is 25.2. The summed E-state index contributed by atoms with van der Waals surface area (Å²) in [5, 5.41) is 3.50. The quantitative estimate of drug-likeness (QED) is 0.552. The number of halogens is 2. The Morgan fingerprint density at radius 1 is 0.914 bits per heavy atom. The summed E-state index contributed by atoms with van der Waals surface area (Å²) >= 11 is 12.0. The van der Waals surface area contributed by atoms with Crippen molar-refractivity contribution in [3.63, 3.8) is 0 Å². The molecule has 1 N–H and O–H groups in total. The minimum atomic E-state index is -3.69. The molecule has 2 saturated heterocycles. The fraction of sp³-hybridized carbons (Fsp3) is 0.435. The van der Waals surface area contributed by atoms with E-state index in [1.807, 2.05) is 0 Å². The van der Waals surface area contributed by atoms with Gasteiger partial charge in [-0.2, -0.15) is 4.31 Å². The van der Waals surface area contributed by atoms with Crippen LogP contribution in [0.1, 0.15) is 31.2 Å². The Morgan fingerprint density at radius 3 is 2.23 bits per heavy atom. The molecule has 2 aliphatic heterocycles. The monoisotopic (exact) mass is 559 g/mol. The maximum Gasteiger partial charge on any atom is 0.243 e. The number of anilines is 1. The zero-order valence-electron chi connectivity index (χ0n) is 19.0. The second-order valence-electron chi connectivity index (χ2n) is 8.81. The van der Waals surface area contributed by atoms with E-state index in [1.54, 1.807) is 24.3 Å². The van der Waals surface area contributed by atoms with Gasteiger partial charge in [-0.15, -0.1) is 0 Å². The smallest absolute Gasteiger partial charge is 0.243 e. The number of benzene rings is 2. The van der Waals surface area contributed by atoms with Gasteiger partial charge in [0.15, 0.2) is 0 Å². The van der Waals surface area contributed by atoms with E-state index in [-0.39, 0.29) is 28.1 Å². The van der Waals surface area contributed by atoms with Crippen molar-refractivity contribution in [2.45, 2.75) is 36.3 Å². The van der Waals surface area contributed by atoms with Gasteiger partial charge < -0.3 is 5.32 Å². The van der Waals surface area contributed by atoms with Gasteiger partial charge in [0.05, 0.1) is 16.6 Å². The largest absolute Gasteiger partial charge is 0.326 e. The molecule has 0 radical (unpaired) electrons. The van der Waals surface area contributed by atoms with Crippen LogP contribution < -0.4 is 5.32 Å². The predicted molar refractivity (Wildman–Crippen MR) is 136 cm³/mol. The van der Waals surface area contributed by atoms with Gasteiger partial charge in [-0.1, -0.05) is 29.3 Å². The number of piperidine rings is 1. The van der Waals surface area contributed by atoms with E-state index < -0.39 is 26.0 Å². The van der Waals surface area contributed by atoms with Crippen LogP contribution in [0.5, 0.6) is 0 Å². The molecule has 2 aromatic rings. The Balaban J connectivity index is 1.39. The summed E-state index contributed by atoms with van der Waals surface area (Å²) in [6, 6.07) is 10.8. The number of rotatable bonds is 7. The first-order valence-electron chi connectivity index (χ1n) is 11.4. The average molecular weight is 561 g/mol. The molecule has 4 rings (SSSR count). The summed E-state index contributed by atoms with van der Waals surface area (Å²) in [5.41, 5.74) is 0.912. The summed E-state index contributed by atoms with van der Waals surface area (Å²) in [7, 11) is -7.22. The van der Waals surface area contributed by atoms with Crippen molar-refractivity contribution < 1.29 is 21.6 Å². The van der Waals surface area contributed by atoms with Gasteiger partial charge in [0.25, 0.3) is 0 Å². The molecule has 2 aromatic carbocycles. The molecule has 2 heterocycles. The number of sulfonamides is 2. The normalized spacial score (nSPS) is 20.1. The molecule has 12 heteroatoms. The summed E-state index contributed by atoms with van der Waals surface area (Å²) in [5.74, 6) is -1.10. The third-order valence-electron chi connectivity index (χ3n) is 6.33. The fourth-order valence-corrected chi connectivity index (χ4v) is 8.08. The van der Waals surface area contributed by atoms with E-state index in [0.717, 1.165) is 12.8 Å². The molecule has 8 nitrogen and oxygen atoms in total. The number of nitrogens with one attached hydrogen (secondary N) is 1. The Hall–Kier alpha value is -1.69. The molecule has 0 aliphatic carbocycles. The van der Waals surface area contributed by atoms with Gasteiger partial charge in [0.1, 0.15) is 0 Å². The van der Waals surface area contributed by atoms with Crippen LogP contribution in [0, 0.1) is 5.92 Å². The van der Waals surface area contributed by atoms with E-state index in [1.165, 1.54) is 26.8 Å². The molecule has 2 fully saturated rings. The van der Waals surface area contributed by atoms with E-state index in [4.69, 9.17) is 23.2 Å². The van der Waals surface area contributed by atoms with Crippen molar-refractivity contribution >= 4 is 54.8 Å². The average Bonchev–Trinajstić information content (AvgIpc) is 3.37. The lowest BCUT2D eigenvalue weighted by Crippen LogP contribution is -2.44. The van der Waals surface area contributed by atoms with E-state index in [2.05, 4.69) is 5.32 Å². The van der Waals surface area contributed by atoms with Gasteiger partial charge in [0.2, 0.25) is 26.0 Å². The maximum absolute atomic E-state index is 13.0. The second-order valence-corrected chi connectivity index (χ2v) is 13.6. The number of nitrogens with zero attached hydrogens (tertiary/aromatic N) is 2. The summed E-state index contributed by atoms with van der Waals surface area (Å²) in [6.45, 7) is 1.44. The van der Waals surface area contributed by atoms with Crippen molar-refractivity contribution in [1.82, 2.24) is 8.61 Å². The highest BCUT2D eigenvalue weighted by atomic mass is 35.5. The van der Waals surface area contributed by atoms with Crippen LogP contribution in [0.15, 0.2) is 47.4 Å². The molecular formula is C23H27Cl2N3O5S2. The molecular weight excluding hydrogens is 533 g/mol. The third-order valence-corrected chi connectivity index (χ3v) is 10.6. The Bertz CT molecular complexity index is 1290. The molecule has 190 valence electrons. The SMILES string of the molecule is O=C(Nc1ccc(S(=O)(=O)N2CCCC2)cc1)[C@H]1CCCN(S(=O)(=O)Cc2ccc(Cl)cc2Cl)C1. The number of hydrogen-bond donors (Lipinski definition) is 1. The molecule has 1 amide bonds. The van der Waals surface area contributed by atoms with E-state index >= 15 is 0 Å². The summed E-state index contributed by atoms with van der Waals surface area (Å²) in [6.07, 6.45) is 2.82. The van der Waals surface area contributed by atoms with Crippen LogP contribution in [0.2, 0.25) is 10.0 Å². The van der Waals surface area contributed by atoms with Gasteiger partial charge in [0, 0.05) is 41.9 Å². The molecule has 2 aliphatic rings. The lowest BCUT2D eigenvalue weighted by Gasteiger charge is -2.31. The lowest BCUT2D eigenvalue weighted by molar-refractivity contribution is -0.120. The number of hydrogen-bond acceptors (Lipinski definition) is 5. The highest BCUT2D eigenvalue weighted by Crippen LogP contribution is 2.27. The highest BCUT2D eigenvalue weighted by molar-refractivity contribution is 7.89. The maximum atomic E-state index is 13.0.